The third-order valence-electron chi connectivity index (χ3n) is 8.47. The number of aromatic nitrogens is 2. The first-order chi connectivity index (χ1) is 21.2. The zero-order chi connectivity index (χ0) is 31.3. The summed E-state index contributed by atoms with van der Waals surface area (Å²) in [4.78, 5) is 36.9. The first kappa shape index (κ1) is 32.5. The number of piperidine rings is 2. The minimum Gasteiger partial charge on any atom is -0.469 e. The van der Waals surface area contributed by atoms with Crippen molar-refractivity contribution in [2.75, 3.05) is 50.2 Å². The van der Waals surface area contributed by atoms with Crippen molar-refractivity contribution in [2.24, 2.45) is 5.41 Å². The van der Waals surface area contributed by atoms with E-state index in [1.807, 2.05) is 36.4 Å². The molecule has 2 aliphatic heterocycles. The zero-order valence-corrected chi connectivity index (χ0v) is 28.3. The molecular formula is C32H36Cl2N4O4S2. The minimum atomic E-state index is -0.270. The molecule has 0 aliphatic carbocycles. The van der Waals surface area contributed by atoms with Crippen LogP contribution in [0.3, 0.4) is 0 Å². The summed E-state index contributed by atoms with van der Waals surface area (Å²) in [6.07, 6.45) is 6.85. The smallest absolute Gasteiger partial charge is 0.330 e. The number of hydrogen-bond donors (Lipinski definition) is 0. The van der Waals surface area contributed by atoms with Gasteiger partial charge in [0.05, 0.1) is 41.1 Å². The highest BCUT2D eigenvalue weighted by molar-refractivity contribution is 7.22. The second-order valence-corrected chi connectivity index (χ2v) is 14.0. The van der Waals surface area contributed by atoms with E-state index in [0.29, 0.717) is 6.42 Å². The number of carbonyl (C=O) groups excluding carboxylic acids is 2. The summed E-state index contributed by atoms with van der Waals surface area (Å²) in [6.45, 7) is 5.77. The average molecular weight is 676 g/mol. The lowest BCUT2D eigenvalue weighted by molar-refractivity contribution is -0.144. The first-order valence-corrected chi connectivity index (χ1v) is 17.1. The lowest BCUT2D eigenvalue weighted by atomic mass is 9.74. The number of methoxy groups -OCH3 is 2. The zero-order valence-electron chi connectivity index (χ0n) is 25.1. The molecule has 6 rings (SSSR count). The van der Waals surface area contributed by atoms with Gasteiger partial charge in [-0.3, -0.25) is 4.79 Å². The highest BCUT2D eigenvalue weighted by Crippen LogP contribution is 2.41. The molecule has 4 aromatic rings. The Labute approximate surface area is 275 Å². The van der Waals surface area contributed by atoms with Crippen LogP contribution in [-0.4, -0.2) is 62.3 Å². The number of fused-ring (bicyclic) bond motifs is 2. The fraction of sp³-hybridized carbons (Fsp3) is 0.438. The Morgan fingerprint density at radius 3 is 1.86 bits per heavy atom. The molecule has 4 heterocycles. The number of benzene rings is 2. The van der Waals surface area contributed by atoms with Crippen molar-refractivity contribution in [3.05, 3.63) is 58.1 Å². The molecule has 2 aromatic heterocycles. The molecule has 2 aliphatic rings. The average Bonchev–Trinajstić information content (AvgIpc) is 3.65. The predicted molar refractivity (Wildman–Crippen MR) is 182 cm³/mol. The van der Waals surface area contributed by atoms with Gasteiger partial charge in [0.15, 0.2) is 10.3 Å². The fourth-order valence-electron chi connectivity index (χ4n) is 5.60. The summed E-state index contributed by atoms with van der Waals surface area (Å²) in [6, 6.07) is 11.6. The number of halogens is 2. The number of carbonyl (C=O) groups is 2. The van der Waals surface area contributed by atoms with Crippen LogP contribution in [-0.2, 0) is 19.1 Å². The molecule has 0 N–H and O–H groups in total. The van der Waals surface area contributed by atoms with Crippen LogP contribution in [0.5, 0.6) is 0 Å². The Morgan fingerprint density at radius 2 is 1.39 bits per heavy atom. The monoisotopic (exact) mass is 674 g/mol. The van der Waals surface area contributed by atoms with E-state index in [1.54, 1.807) is 28.7 Å². The number of ether oxygens (including phenoxy) is 2. The predicted octanol–water partition coefficient (Wildman–Crippen LogP) is 8.16. The summed E-state index contributed by atoms with van der Waals surface area (Å²) in [5, 5.41) is 3.54. The Bertz CT molecular complexity index is 1650. The van der Waals surface area contributed by atoms with Crippen LogP contribution in [0, 0.1) is 5.41 Å². The maximum absolute atomic E-state index is 11.7. The van der Waals surface area contributed by atoms with Gasteiger partial charge in [-0.1, -0.05) is 58.4 Å². The summed E-state index contributed by atoms with van der Waals surface area (Å²) >= 11 is 15.4. The molecule has 2 fully saturated rings. The fourth-order valence-corrected chi connectivity index (χ4v) is 8.19. The van der Waals surface area contributed by atoms with Crippen molar-refractivity contribution >= 4 is 88.5 Å². The van der Waals surface area contributed by atoms with Crippen molar-refractivity contribution in [3.63, 3.8) is 0 Å². The maximum atomic E-state index is 11.7. The van der Waals surface area contributed by atoms with E-state index in [1.165, 1.54) is 14.2 Å². The SMILES string of the molecule is CCC1(CC(=O)OC)CCN(c2nc3ccc(Cl)cc3s2)CC1.COC(=O)C=C1CCN(c2nc3ccc(Cl)cc3s2)CC1. The molecule has 0 saturated carbocycles. The van der Waals surface area contributed by atoms with Crippen LogP contribution in [0.4, 0.5) is 10.3 Å². The van der Waals surface area contributed by atoms with Gasteiger partial charge in [-0.05, 0) is 73.9 Å². The van der Waals surface area contributed by atoms with Crippen molar-refractivity contribution in [1.29, 1.82) is 0 Å². The quantitative estimate of drug-likeness (QED) is 0.150. The molecule has 234 valence electrons. The number of esters is 2. The molecule has 0 radical (unpaired) electrons. The molecule has 0 amide bonds. The van der Waals surface area contributed by atoms with E-state index in [2.05, 4.69) is 26.4 Å². The van der Waals surface area contributed by atoms with E-state index >= 15 is 0 Å². The van der Waals surface area contributed by atoms with Crippen molar-refractivity contribution in [3.8, 4) is 0 Å². The van der Waals surface area contributed by atoms with Gasteiger partial charge in [0.2, 0.25) is 0 Å². The Kier molecular flexibility index (Phi) is 10.7. The topological polar surface area (TPSA) is 84.9 Å². The van der Waals surface area contributed by atoms with Gasteiger partial charge in [0.25, 0.3) is 0 Å². The second kappa shape index (κ2) is 14.5. The molecular weight excluding hydrogens is 639 g/mol. The highest BCUT2D eigenvalue weighted by atomic mass is 35.5. The van der Waals surface area contributed by atoms with Gasteiger partial charge in [0, 0.05) is 42.3 Å². The Hall–Kier alpha value is -2.92. The van der Waals surface area contributed by atoms with Gasteiger partial charge in [-0.2, -0.15) is 0 Å². The molecule has 44 heavy (non-hydrogen) atoms. The van der Waals surface area contributed by atoms with Crippen LogP contribution < -0.4 is 9.80 Å². The second-order valence-electron chi connectivity index (χ2n) is 11.1. The van der Waals surface area contributed by atoms with Gasteiger partial charge < -0.3 is 19.3 Å². The summed E-state index contributed by atoms with van der Waals surface area (Å²) in [5.41, 5.74) is 3.19. The normalized spacial score (nSPS) is 16.4. The third-order valence-corrected chi connectivity index (χ3v) is 11.1. The number of nitrogens with zero attached hydrogens (tertiary/aromatic N) is 4. The van der Waals surface area contributed by atoms with Crippen molar-refractivity contribution in [1.82, 2.24) is 9.97 Å². The molecule has 2 saturated heterocycles. The number of anilines is 2. The van der Waals surface area contributed by atoms with Crippen LogP contribution in [0.1, 0.15) is 45.4 Å². The third kappa shape index (κ3) is 7.83. The van der Waals surface area contributed by atoms with Crippen molar-refractivity contribution in [2.45, 2.75) is 45.4 Å². The van der Waals surface area contributed by atoms with Crippen LogP contribution in [0.25, 0.3) is 20.4 Å². The molecule has 0 atom stereocenters. The summed E-state index contributed by atoms with van der Waals surface area (Å²) < 4.78 is 11.8. The van der Waals surface area contributed by atoms with E-state index in [-0.39, 0.29) is 17.4 Å². The molecule has 8 nitrogen and oxygen atoms in total. The van der Waals surface area contributed by atoms with Gasteiger partial charge in [-0.25, -0.2) is 14.8 Å². The lowest BCUT2D eigenvalue weighted by Crippen LogP contribution is -2.41. The molecule has 0 bridgehead atoms. The van der Waals surface area contributed by atoms with Gasteiger partial charge >= 0.3 is 11.9 Å². The molecule has 0 unspecified atom stereocenters. The Morgan fingerprint density at radius 1 is 0.864 bits per heavy atom. The van der Waals surface area contributed by atoms with Crippen molar-refractivity contribution < 1.29 is 19.1 Å². The van der Waals surface area contributed by atoms with E-state index in [0.717, 1.165) is 105 Å². The maximum Gasteiger partial charge on any atom is 0.330 e. The van der Waals surface area contributed by atoms with Crippen LogP contribution in [0.15, 0.2) is 48.0 Å². The largest absolute Gasteiger partial charge is 0.469 e. The lowest BCUT2D eigenvalue weighted by Gasteiger charge is -2.40. The van der Waals surface area contributed by atoms with Gasteiger partial charge in [0.1, 0.15) is 0 Å². The standard InChI is InChI=1S/C17H21ClN2O2S.C15H15ClN2O2S/c1-3-17(11-15(21)22-2)6-8-20(9-7-17)16-19-13-5-4-12(18)10-14(13)23-16;1-20-14(19)8-10-4-6-18(7-5-10)15-17-12-3-2-11(16)9-13(12)21-15/h4-5,10H,3,6-9,11H2,1-2H3;2-3,8-9H,4-7H2,1H3. The summed E-state index contributed by atoms with van der Waals surface area (Å²) in [5.74, 6) is -0.372. The molecule has 2 aromatic carbocycles. The number of rotatable bonds is 6. The van der Waals surface area contributed by atoms with E-state index < -0.39 is 0 Å². The van der Waals surface area contributed by atoms with E-state index in [4.69, 9.17) is 32.9 Å². The minimum absolute atomic E-state index is 0.0730. The summed E-state index contributed by atoms with van der Waals surface area (Å²) in [7, 11) is 2.87. The Balaban J connectivity index is 0.000000175. The van der Waals surface area contributed by atoms with Gasteiger partial charge in [-0.15, -0.1) is 0 Å². The number of hydrogen-bond acceptors (Lipinski definition) is 10. The molecule has 12 heteroatoms. The van der Waals surface area contributed by atoms with E-state index in [9.17, 15) is 9.59 Å². The highest BCUT2D eigenvalue weighted by Gasteiger charge is 2.36. The van der Waals surface area contributed by atoms with Crippen LogP contribution in [0.2, 0.25) is 10.0 Å². The molecule has 0 spiro atoms. The van der Waals surface area contributed by atoms with Crippen LogP contribution >= 0.6 is 45.9 Å². The number of thiazole rings is 2. The first-order valence-electron chi connectivity index (χ1n) is 14.7.